The molecular formula is C17H17N3O. The molecule has 106 valence electrons. The number of carbonyl (C=O) groups excluding carboxylic acids is 1. The van der Waals surface area contributed by atoms with Crippen LogP contribution in [0.15, 0.2) is 54.7 Å². The predicted molar refractivity (Wildman–Crippen MR) is 86.4 cm³/mol. The van der Waals surface area contributed by atoms with Crippen molar-refractivity contribution in [1.82, 2.24) is 4.57 Å². The van der Waals surface area contributed by atoms with Gasteiger partial charge in [0.25, 0.3) is 5.91 Å². The summed E-state index contributed by atoms with van der Waals surface area (Å²) in [5, 5.41) is 5.17. The van der Waals surface area contributed by atoms with Gasteiger partial charge in [0.1, 0.15) is 5.69 Å². The van der Waals surface area contributed by atoms with Crippen molar-refractivity contribution < 1.29 is 4.79 Å². The molecule has 0 saturated carbocycles. The van der Waals surface area contributed by atoms with Gasteiger partial charge in [-0.25, -0.2) is 0 Å². The summed E-state index contributed by atoms with van der Waals surface area (Å²) in [6.07, 6.45) is 1.77. The van der Waals surface area contributed by atoms with Crippen molar-refractivity contribution in [3.05, 3.63) is 60.4 Å². The predicted octanol–water partition coefficient (Wildman–Crippen LogP) is 3.50. The molecule has 0 fully saturated rings. The number of hydrogen-bond donors (Lipinski definition) is 2. The van der Waals surface area contributed by atoms with Crippen LogP contribution in [-0.2, 0) is 6.54 Å². The Kier molecular flexibility index (Phi) is 3.36. The van der Waals surface area contributed by atoms with Crippen molar-refractivity contribution >= 4 is 28.1 Å². The molecule has 0 bridgehead atoms. The molecule has 2 aromatic carbocycles. The standard InChI is InChI=1S/C17H17N3O/c1-2-20-11-14(18)10-16(20)17(21)19-15-8-7-12-5-3-4-6-13(12)9-15/h3-11H,2,18H2,1H3,(H,19,21). The van der Waals surface area contributed by atoms with Gasteiger partial charge in [-0.2, -0.15) is 0 Å². The van der Waals surface area contributed by atoms with E-state index in [-0.39, 0.29) is 5.91 Å². The molecule has 1 aromatic heterocycles. The molecule has 0 atom stereocenters. The number of aryl methyl sites for hydroxylation is 1. The first-order valence-electron chi connectivity index (χ1n) is 6.93. The van der Waals surface area contributed by atoms with Crippen LogP contribution in [0.4, 0.5) is 11.4 Å². The number of anilines is 2. The van der Waals surface area contributed by atoms with Crippen molar-refractivity contribution in [2.24, 2.45) is 0 Å². The molecule has 0 radical (unpaired) electrons. The number of nitrogen functional groups attached to an aromatic ring is 1. The third-order valence-corrected chi connectivity index (χ3v) is 3.50. The van der Waals surface area contributed by atoms with Gasteiger partial charge in [-0.05, 0) is 35.9 Å². The molecule has 0 unspecified atom stereocenters. The molecule has 3 aromatic rings. The van der Waals surface area contributed by atoms with Crippen LogP contribution < -0.4 is 11.1 Å². The fraction of sp³-hybridized carbons (Fsp3) is 0.118. The monoisotopic (exact) mass is 279 g/mol. The van der Waals surface area contributed by atoms with Gasteiger partial charge in [0, 0.05) is 18.4 Å². The minimum Gasteiger partial charge on any atom is -0.397 e. The van der Waals surface area contributed by atoms with E-state index in [1.807, 2.05) is 54.0 Å². The fourth-order valence-electron chi connectivity index (χ4n) is 2.45. The minimum atomic E-state index is -0.149. The molecule has 3 rings (SSSR count). The van der Waals surface area contributed by atoms with Crippen molar-refractivity contribution in [1.29, 1.82) is 0 Å². The SMILES string of the molecule is CCn1cc(N)cc1C(=O)Nc1ccc2ccccc2c1. The van der Waals surface area contributed by atoms with E-state index in [1.165, 1.54) is 0 Å². The minimum absolute atomic E-state index is 0.149. The summed E-state index contributed by atoms with van der Waals surface area (Å²) in [7, 11) is 0. The second-order valence-corrected chi connectivity index (χ2v) is 4.96. The summed E-state index contributed by atoms with van der Waals surface area (Å²) in [6, 6.07) is 15.6. The third kappa shape index (κ3) is 2.60. The quantitative estimate of drug-likeness (QED) is 0.771. The van der Waals surface area contributed by atoms with Crippen LogP contribution in [-0.4, -0.2) is 10.5 Å². The molecule has 0 aliphatic carbocycles. The summed E-state index contributed by atoms with van der Waals surface area (Å²) in [4.78, 5) is 12.4. The summed E-state index contributed by atoms with van der Waals surface area (Å²) in [6.45, 7) is 2.68. The lowest BCUT2D eigenvalue weighted by atomic mass is 10.1. The van der Waals surface area contributed by atoms with Crippen molar-refractivity contribution in [2.45, 2.75) is 13.5 Å². The van der Waals surface area contributed by atoms with E-state index in [2.05, 4.69) is 5.32 Å². The number of carbonyl (C=O) groups is 1. The number of nitrogens with one attached hydrogen (secondary N) is 1. The van der Waals surface area contributed by atoms with Gasteiger partial charge in [0.15, 0.2) is 0 Å². The number of nitrogens with zero attached hydrogens (tertiary/aromatic N) is 1. The van der Waals surface area contributed by atoms with Crippen LogP contribution in [0, 0.1) is 0 Å². The first-order chi connectivity index (χ1) is 10.2. The molecule has 0 spiro atoms. The Hall–Kier alpha value is -2.75. The van der Waals surface area contributed by atoms with Crippen LogP contribution in [0.1, 0.15) is 17.4 Å². The van der Waals surface area contributed by atoms with Gasteiger partial charge in [-0.15, -0.1) is 0 Å². The van der Waals surface area contributed by atoms with Crippen molar-refractivity contribution in [3.8, 4) is 0 Å². The van der Waals surface area contributed by atoms with E-state index in [4.69, 9.17) is 5.73 Å². The van der Waals surface area contributed by atoms with E-state index < -0.39 is 0 Å². The lowest BCUT2D eigenvalue weighted by molar-refractivity contribution is 0.101. The largest absolute Gasteiger partial charge is 0.397 e. The average Bonchev–Trinajstić information content (AvgIpc) is 2.88. The van der Waals surface area contributed by atoms with Crippen LogP contribution >= 0.6 is 0 Å². The van der Waals surface area contributed by atoms with Crippen molar-refractivity contribution in [2.75, 3.05) is 11.1 Å². The molecule has 0 aliphatic heterocycles. The van der Waals surface area contributed by atoms with E-state index in [0.717, 1.165) is 16.5 Å². The highest BCUT2D eigenvalue weighted by Gasteiger charge is 2.12. The number of hydrogen-bond acceptors (Lipinski definition) is 2. The van der Waals surface area contributed by atoms with Gasteiger partial charge in [0.2, 0.25) is 0 Å². The zero-order chi connectivity index (χ0) is 14.8. The van der Waals surface area contributed by atoms with Gasteiger partial charge in [-0.1, -0.05) is 30.3 Å². The summed E-state index contributed by atoms with van der Waals surface area (Å²) >= 11 is 0. The Morgan fingerprint density at radius 3 is 2.67 bits per heavy atom. The highest BCUT2D eigenvalue weighted by atomic mass is 16.1. The van der Waals surface area contributed by atoms with Gasteiger partial charge in [-0.3, -0.25) is 4.79 Å². The topological polar surface area (TPSA) is 60.0 Å². The first kappa shape index (κ1) is 13.2. The lowest BCUT2D eigenvalue weighted by Crippen LogP contribution is -2.16. The second kappa shape index (κ2) is 5.32. The number of rotatable bonds is 3. The Labute approximate surface area is 123 Å². The summed E-state index contributed by atoms with van der Waals surface area (Å²) < 4.78 is 1.84. The Morgan fingerprint density at radius 2 is 1.90 bits per heavy atom. The molecule has 1 amide bonds. The highest BCUT2D eigenvalue weighted by Crippen LogP contribution is 2.20. The maximum atomic E-state index is 12.4. The number of benzene rings is 2. The van der Waals surface area contributed by atoms with Crippen LogP contribution in [0.5, 0.6) is 0 Å². The maximum Gasteiger partial charge on any atom is 0.272 e. The fourth-order valence-corrected chi connectivity index (χ4v) is 2.45. The second-order valence-electron chi connectivity index (χ2n) is 4.96. The van der Waals surface area contributed by atoms with Crippen LogP contribution in [0.25, 0.3) is 10.8 Å². The van der Waals surface area contributed by atoms with E-state index in [0.29, 0.717) is 17.9 Å². The third-order valence-electron chi connectivity index (χ3n) is 3.50. The van der Waals surface area contributed by atoms with Gasteiger partial charge < -0.3 is 15.6 Å². The summed E-state index contributed by atoms with van der Waals surface area (Å²) in [5.74, 6) is -0.149. The van der Waals surface area contributed by atoms with Crippen LogP contribution in [0.2, 0.25) is 0 Å². The lowest BCUT2D eigenvalue weighted by Gasteiger charge is -2.08. The first-order valence-corrected chi connectivity index (χ1v) is 6.93. The highest BCUT2D eigenvalue weighted by molar-refractivity contribution is 6.04. The molecule has 0 saturated heterocycles. The molecular weight excluding hydrogens is 262 g/mol. The smallest absolute Gasteiger partial charge is 0.272 e. The molecule has 1 heterocycles. The number of fused-ring (bicyclic) bond motifs is 1. The zero-order valence-corrected chi connectivity index (χ0v) is 11.8. The number of aromatic nitrogens is 1. The summed E-state index contributed by atoms with van der Waals surface area (Å²) in [5.41, 5.74) is 7.71. The van der Waals surface area contributed by atoms with Gasteiger partial charge in [0.05, 0.1) is 5.69 Å². The Balaban J connectivity index is 1.88. The van der Waals surface area contributed by atoms with E-state index in [9.17, 15) is 4.79 Å². The molecule has 21 heavy (non-hydrogen) atoms. The molecule has 4 heteroatoms. The Bertz CT molecular complexity index is 805. The van der Waals surface area contributed by atoms with E-state index >= 15 is 0 Å². The maximum absolute atomic E-state index is 12.4. The normalized spacial score (nSPS) is 10.7. The molecule has 4 nitrogen and oxygen atoms in total. The molecule has 0 aliphatic rings. The zero-order valence-electron chi connectivity index (χ0n) is 11.8. The van der Waals surface area contributed by atoms with Crippen LogP contribution in [0.3, 0.4) is 0 Å². The number of nitrogens with two attached hydrogens (primary N) is 1. The molecule has 3 N–H and O–H groups in total. The number of amides is 1. The van der Waals surface area contributed by atoms with Crippen molar-refractivity contribution in [3.63, 3.8) is 0 Å². The van der Waals surface area contributed by atoms with E-state index in [1.54, 1.807) is 12.3 Å². The average molecular weight is 279 g/mol. The van der Waals surface area contributed by atoms with Gasteiger partial charge >= 0.3 is 0 Å². The Morgan fingerprint density at radius 1 is 1.14 bits per heavy atom.